The van der Waals surface area contributed by atoms with Crippen LogP contribution in [0.15, 0.2) is 30.3 Å². The van der Waals surface area contributed by atoms with Gasteiger partial charge in [0.15, 0.2) is 0 Å². The van der Waals surface area contributed by atoms with Crippen molar-refractivity contribution in [2.75, 3.05) is 13.1 Å². The molecule has 0 unspecified atom stereocenters. The van der Waals surface area contributed by atoms with Gasteiger partial charge in [-0.1, -0.05) is 51.1 Å². The highest BCUT2D eigenvalue weighted by Gasteiger charge is 2.45. The zero-order valence-corrected chi connectivity index (χ0v) is 15.3. The van der Waals surface area contributed by atoms with Gasteiger partial charge in [-0.3, -0.25) is 9.59 Å². The standard InChI is InChI=1S/C20H28N2O3/c1-20(2,3)17(19(24)22-12-15-9-16(22)11-21-15)10-18(23)25-13-14-7-5-4-6-8-14/h4-8,15-17,21H,9-13H2,1-3H3/t15-,16-,17+/m0/s1. The van der Waals surface area contributed by atoms with E-state index in [0.29, 0.717) is 6.04 Å². The van der Waals surface area contributed by atoms with Gasteiger partial charge in [0.2, 0.25) is 5.91 Å². The number of nitrogens with one attached hydrogen (secondary N) is 1. The fraction of sp³-hybridized carbons (Fsp3) is 0.600. The zero-order chi connectivity index (χ0) is 18.0. The molecular weight excluding hydrogens is 316 g/mol. The van der Waals surface area contributed by atoms with Crippen LogP contribution < -0.4 is 5.32 Å². The molecule has 3 atom stereocenters. The lowest BCUT2D eigenvalue weighted by atomic mass is 9.77. The van der Waals surface area contributed by atoms with E-state index in [2.05, 4.69) is 5.32 Å². The summed E-state index contributed by atoms with van der Waals surface area (Å²) in [6.07, 6.45) is 1.16. The third-order valence-electron chi connectivity index (χ3n) is 5.30. The summed E-state index contributed by atoms with van der Waals surface area (Å²) in [6.45, 7) is 7.94. The van der Waals surface area contributed by atoms with Crippen LogP contribution in [-0.2, 0) is 20.9 Å². The smallest absolute Gasteiger partial charge is 0.306 e. The Kier molecular flexibility index (Phi) is 5.13. The van der Waals surface area contributed by atoms with E-state index in [4.69, 9.17) is 4.74 Å². The van der Waals surface area contributed by atoms with Gasteiger partial charge in [-0.15, -0.1) is 0 Å². The summed E-state index contributed by atoms with van der Waals surface area (Å²) in [5.74, 6) is -0.562. The van der Waals surface area contributed by atoms with Crippen LogP contribution in [-0.4, -0.2) is 41.9 Å². The molecule has 3 rings (SSSR count). The number of amides is 1. The van der Waals surface area contributed by atoms with Crippen molar-refractivity contribution in [2.24, 2.45) is 11.3 Å². The fourth-order valence-corrected chi connectivity index (χ4v) is 3.76. The minimum Gasteiger partial charge on any atom is -0.461 e. The number of likely N-dealkylation sites (tertiary alicyclic amines) is 1. The number of benzene rings is 1. The molecule has 0 spiro atoms. The van der Waals surface area contributed by atoms with E-state index in [1.54, 1.807) is 0 Å². The van der Waals surface area contributed by atoms with Gasteiger partial charge in [-0.25, -0.2) is 0 Å². The van der Waals surface area contributed by atoms with Crippen LogP contribution in [0.3, 0.4) is 0 Å². The van der Waals surface area contributed by atoms with Crippen LogP contribution in [0.2, 0.25) is 0 Å². The number of hydrogen-bond acceptors (Lipinski definition) is 4. The van der Waals surface area contributed by atoms with Crippen molar-refractivity contribution < 1.29 is 14.3 Å². The second kappa shape index (κ2) is 7.16. The van der Waals surface area contributed by atoms with Crippen molar-refractivity contribution >= 4 is 11.9 Å². The van der Waals surface area contributed by atoms with E-state index < -0.39 is 0 Å². The van der Waals surface area contributed by atoms with E-state index in [1.807, 2.05) is 56.0 Å². The van der Waals surface area contributed by atoms with Crippen LogP contribution in [0, 0.1) is 11.3 Å². The third-order valence-corrected chi connectivity index (χ3v) is 5.30. The topological polar surface area (TPSA) is 58.6 Å². The summed E-state index contributed by atoms with van der Waals surface area (Å²) >= 11 is 0. The van der Waals surface area contributed by atoms with E-state index in [-0.39, 0.29) is 42.3 Å². The average Bonchev–Trinajstić information content (AvgIpc) is 3.20. The highest BCUT2D eigenvalue weighted by atomic mass is 16.5. The molecule has 1 aromatic carbocycles. The van der Waals surface area contributed by atoms with Crippen molar-refractivity contribution in [3.63, 3.8) is 0 Å². The van der Waals surface area contributed by atoms with Crippen LogP contribution in [0.5, 0.6) is 0 Å². The third kappa shape index (κ3) is 4.21. The molecule has 5 nitrogen and oxygen atoms in total. The molecule has 25 heavy (non-hydrogen) atoms. The number of carbonyl (C=O) groups excluding carboxylic acids is 2. The van der Waals surface area contributed by atoms with Gasteiger partial charge in [0, 0.05) is 25.2 Å². The number of hydrogen-bond donors (Lipinski definition) is 1. The number of piperazine rings is 1. The molecule has 0 radical (unpaired) electrons. The SMILES string of the molecule is CC(C)(C)[C@H](CC(=O)OCc1ccccc1)C(=O)N1C[C@@H]2C[C@H]1CN2. The fourth-order valence-electron chi connectivity index (χ4n) is 3.76. The normalized spacial score (nSPS) is 23.6. The molecule has 1 amide bonds. The molecule has 1 aromatic rings. The summed E-state index contributed by atoms with van der Waals surface area (Å²) < 4.78 is 5.41. The molecular formula is C20H28N2O3. The second-order valence-electron chi connectivity index (χ2n) is 8.25. The molecule has 1 N–H and O–H groups in total. The van der Waals surface area contributed by atoms with Crippen molar-refractivity contribution in [3.8, 4) is 0 Å². The first-order chi connectivity index (χ1) is 11.8. The predicted octanol–water partition coefficient (Wildman–Crippen LogP) is 2.35. The maximum atomic E-state index is 13.1. The predicted molar refractivity (Wildman–Crippen MR) is 95.7 cm³/mol. The minimum absolute atomic E-state index is 0.0955. The molecule has 2 fully saturated rings. The molecule has 2 saturated heterocycles. The maximum Gasteiger partial charge on any atom is 0.306 e. The molecule has 0 saturated carbocycles. The van der Waals surface area contributed by atoms with Gasteiger partial charge in [0.25, 0.3) is 0 Å². The Balaban J connectivity index is 1.61. The Labute approximate surface area is 149 Å². The van der Waals surface area contributed by atoms with Crippen LogP contribution in [0.1, 0.15) is 39.2 Å². The van der Waals surface area contributed by atoms with Crippen LogP contribution >= 0.6 is 0 Å². The number of ether oxygens (including phenoxy) is 1. The molecule has 0 aromatic heterocycles. The van der Waals surface area contributed by atoms with Crippen LogP contribution in [0.25, 0.3) is 0 Å². The summed E-state index contributed by atoms with van der Waals surface area (Å²) in [4.78, 5) is 27.4. The van der Waals surface area contributed by atoms with Crippen molar-refractivity contribution in [3.05, 3.63) is 35.9 Å². The van der Waals surface area contributed by atoms with E-state index in [9.17, 15) is 9.59 Å². The van der Waals surface area contributed by atoms with Crippen LogP contribution in [0.4, 0.5) is 0 Å². The Morgan fingerprint density at radius 2 is 2.00 bits per heavy atom. The molecule has 5 heteroatoms. The van der Waals surface area contributed by atoms with Gasteiger partial charge in [0.05, 0.1) is 12.3 Å². The Morgan fingerprint density at radius 3 is 2.56 bits per heavy atom. The van der Waals surface area contributed by atoms with Gasteiger partial charge in [-0.2, -0.15) is 0 Å². The molecule has 0 aliphatic carbocycles. The first-order valence-electron chi connectivity index (χ1n) is 9.08. The summed E-state index contributed by atoms with van der Waals surface area (Å²) in [5, 5.41) is 3.41. The quantitative estimate of drug-likeness (QED) is 0.833. The lowest BCUT2D eigenvalue weighted by Crippen LogP contribution is -2.51. The monoisotopic (exact) mass is 344 g/mol. The lowest BCUT2D eigenvalue weighted by molar-refractivity contribution is -0.153. The average molecular weight is 344 g/mol. The number of rotatable bonds is 5. The highest BCUT2D eigenvalue weighted by molar-refractivity contribution is 5.85. The number of esters is 1. The molecule has 2 heterocycles. The largest absolute Gasteiger partial charge is 0.461 e. The van der Waals surface area contributed by atoms with Gasteiger partial charge in [0.1, 0.15) is 6.61 Å². The first-order valence-corrected chi connectivity index (χ1v) is 9.08. The van der Waals surface area contributed by atoms with Gasteiger partial charge >= 0.3 is 5.97 Å². The minimum atomic E-state index is -0.352. The second-order valence-corrected chi connectivity index (χ2v) is 8.25. The number of carbonyl (C=O) groups is 2. The number of nitrogens with zero attached hydrogens (tertiary/aromatic N) is 1. The Bertz CT molecular complexity index is 624. The molecule has 2 aliphatic heterocycles. The van der Waals surface area contributed by atoms with E-state index >= 15 is 0 Å². The summed E-state index contributed by atoms with van der Waals surface area (Å²) in [7, 11) is 0. The summed E-state index contributed by atoms with van der Waals surface area (Å²) in [5.41, 5.74) is 0.676. The molecule has 2 bridgehead atoms. The van der Waals surface area contributed by atoms with E-state index in [0.717, 1.165) is 25.1 Å². The van der Waals surface area contributed by atoms with E-state index in [1.165, 1.54) is 0 Å². The summed E-state index contributed by atoms with van der Waals surface area (Å²) in [6, 6.07) is 10.3. The molecule has 136 valence electrons. The van der Waals surface area contributed by atoms with Crippen molar-refractivity contribution in [2.45, 2.75) is 52.3 Å². The Hall–Kier alpha value is -1.88. The highest BCUT2D eigenvalue weighted by Crippen LogP contribution is 2.34. The first kappa shape index (κ1) is 17.9. The van der Waals surface area contributed by atoms with Crippen molar-refractivity contribution in [1.29, 1.82) is 0 Å². The maximum absolute atomic E-state index is 13.1. The zero-order valence-electron chi connectivity index (χ0n) is 15.3. The Morgan fingerprint density at radius 1 is 1.28 bits per heavy atom. The lowest BCUT2D eigenvalue weighted by Gasteiger charge is -2.36. The van der Waals surface area contributed by atoms with Crippen molar-refractivity contribution in [1.82, 2.24) is 10.2 Å². The molecule has 2 aliphatic rings. The van der Waals surface area contributed by atoms with Gasteiger partial charge < -0.3 is 15.0 Å². The number of fused-ring (bicyclic) bond motifs is 2. The van der Waals surface area contributed by atoms with Gasteiger partial charge in [-0.05, 0) is 17.4 Å².